The maximum absolute atomic E-state index is 11.0. The second-order valence-electron chi connectivity index (χ2n) is 2.67. The molecule has 1 N–H and O–H groups in total. The van der Waals surface area contributed by atoms with Gasteiger partial charge in [-0.2, -0.15) is 0 Å². The van der Waals surface area contributed by atoms with Crippen LogP contribution < -0.4 is 4.72 Å². The number of carbonyl (C=O) groups excluding carboxylic acids is 1. The number of sulfonamides is 1. The number of hydrogen-bond acceptors (Lipinski definition) is 3. The Bertz CT molecular complexity index is 250. The summed E-state index contributed by atoms with van der Waals surface area (Å²) in [5.41, 5.74) is 0. The number of hydrogen-bond donors (Lipinski definition) is 1. The molecule has 0 fully saturated rings. The van der Waals surface area contributed by atoms with Crippen molar-refractivity contribution < 1.29 is 13.2 Å². The van der Waals surface area contributed by atoms with Gasteiger partial charge in [0, 0.05) is 13.0 Å². The smallest absolute Gasteiger partial charge is 0.221 e. The molecule has 0 aliphatic carbocycles. The third-order valence-corrected chi connectivity index (χ3v) is 3.12. The van der Waals surface area contributed by atoms with Crippen LogP contribution in [0.2, 0.25) is 0 Å². The van der Waals surface area contributed by atoms with Crippen molar-refractivity contribution in [1.82, 2.24) is 4.72 Å². The van der Waals surface area contributed by atoms with Crippen LogP contribution in [0, 0.1) is 0 Å². The summed E-state index contributed by atoms with van der Waals surface area (Å²) in [6.45, 7) is 2.07. The maximum Gasteiger partial charge on any atom is 0.221 e. The third-order valence-electron chi connectivity index (χ3n) is 1.34. The Kier molecular flexibility index (Phi) is 6.28. The predicted molar refractivity (Wildman–Crippen MR) is 52.2 cm³/mol. The van der Waals surface area contributed by atoms with Crippen molar-refractivity contribution in [3.8, 4) is 0 Å². The molecule has 13 heavy (non-hydrogen) atoms. The summed E-state index contributed by atoms with van der Waals surface area (Å²) in [5.74, 6) is 0.127. The molecule has 0 aromatic heterocycles. The topological polar surface area (TPSA) is 63.2 Å². The molecule has 0 aromatic carbocycles. The Labute approximate surface area is 83.7 Å². The van der Waals surface area contributed by atoms with E-state index in [9.17, 15) is 13.2 Å². The Morgan fingerprint density at radius 1 is 1.46 bits per heavy atom. The second-order valence-corrected chi connectivity index (χ2v) is 5.02. The zero-order chi connectivity index (χ0) is 10.3. The van der Waals surface area contributed by atoms with Gasteiger partial charge in [0.05, 0.1) is 5.75 Å². The third kappa shape index (κ3) is 8.21. The van der Waals surface area contributed by atoms with Crippen LogP contribution in [0.4, 0.5) is 0 Å². The van der Waals surface area contributed by atoms with E-state index in [-0.39, 0.29) is 18.7 Å². The lowest BCUT2D eigenvalue weighted by molar-refractivity contribution is -0.111. The zero-order valence-electron chi connectivity index (χ0n) is 7.55. The average Bonchev–Trinajstić information content (AvgIpc) is 1.98. The summed E-state index contributed by atoms with van der Waals surface area (Å²) in [5, 5.41) is -0.435. The van der Waals surface area contributed by atoms with Crippen LogP contribution in [-0.4, -0.2) is 26.0 Å². The van der Waals surface area contributed by atoms with E-state index in [1.54, 1.807) is 6.92 Å². The lowest BCUT2D eigenvalue weighted by Crippen LogP contribution is -2.27. The van der Waals surface area contributed by atoms with Crippen molar-refractivity contribution in [2.75, 3.05) is 12.3 Å². The highest BCUT2D eigenvalue weighted by Crippen LogP contribution is 1.94. The Balaban J connectivity index is 3.58. The predicted octanol–water partition coefficient (Wildman–Crippen LogP) is 0.861. The molecule has 0 radical (unpaired) electrons. The molecule has 4 nitrogen and oxygen atoms in total. The van der Waals surface area contributed by atoms with Gasteiger partial charge in [0.15, 0.2) is 0 Å². The summed E-state index contributed by atoms with van der Waals surface area (Å²) >= 11 is 5.07. The van der Waals surface area contributed by atoms with Crippen LogP contribution in [0.3, 0.4) is 0 Å². The first kappa shape index (κ1) is 12.9. The molecule has 0 atom stereocenters. The molecule has 0 saturated heterocycles. The van der Waals surface area contributed by atoms with Crippen LogP contribution in [0.15, 0.2) is 0 Å². The van der Waals surface area contributed by atoms with Crippen molar-refractivity contribution in [3.63, 3.8) is 0 Å². The summed E-state index contributed by atoms with van der Waals surface area (Å²) < 4.78 is 24.5. The molecule has 0 aromatic rings. The minimum Gasteiger partial charge on any atom is -0.281 e. The van der Waals surface area contributed by atoms with E-state index in [1.165, 1.54) is 0 Å². The molecule has 0 rings (SSSR count). The fraction of sp³-hybridized carbons (Fsp3) is 0.857. The first-order valence-electron chi connectivity index (χ1n) is 4.13. The molecular weight excluding hydrogens is 214 g/mol. The van der Waals surface area contributed by atoms with Gasteiger partial charge in [0.1, 0.15) is 0 Å². The summed E-state index contributed by atoms with van der Waals surface area (Å²) in [6, 6.07) is 0. The van der Waals surface area contributed by atoms with E-state index < -0.39 is 15.3 Å². The first-order chi connectivity index (χ1) is 5.98. The lowest BCUT2D eigenvalue weighted by atomic mass is 10.3. The number of rotatable bonds is 7. The van der Waals surface area contributed by atoms with Crippen molar-refractivity contribution in [1.29, 1.82) is 0 Å². The SMILES string of the molecule is CCCS(=O)(=O)NCCCC(=O)Cl. The normalized spacial score (nSPS) is 11.5. The Hall–Kier alpha value is -0.130. The highest BCUT2D eigenvalue weighted by Gasteiger charge is 2.07. The second kappa shape index (κ2) is 6.34. The molecule has 0 amide bonds. The molecule has 78 valence electrons. The van der Waals surface area contributed by atoms with E-state index in [0.717, 1.165) is 0 Å². The molecule has 0 saturated carbocycles. The van der Waals surface area contributed by atoms with Crippen LogP contribution in [0.25, 0.3) is 0 Å². The Morgan fingerprint density at radius 3 is 2.54 bits per heavy atom. The van der Waals surface area contributed by atoms with Gasteiger partial charge in [-0.3, -0.25) is 4.79 Å². The largest absolute Gasteiger partial charge is 0.281 e. The average molecular weight is 228 g/mol. The summed E-state index contributed by atoms with van der Waals surface area (Å²) in [4.78, 5) is 10.3. The van der Waals surface area contributed by atoms with Gasteiger partial charge in [-0.05, 0) is 24.4 Å². The molecule has 0 unspecified atom stereocenters. The van der Waals surface area contributed by atoms with Crippen molar-refractivity contribution in [2.24, 2.45) is 0 Å². The molecule has 0 aliphatic heterocycles. The molecular formula is C7H14ClNO3S. The lowest BCUT2D eigenvalue weighted by Gasteiger charge is -2.03. The van der Waals surface area contributed by atoms with Crippen molar-refractivity contribution >= 4 is 26.9 Å². The monoisotopic (exact) mass is 227 g/mol. The molecule has 0 aliphatic rings. The fourth-order valence-corrected chi connectivity index (χ4v) is 2.07. The molecule has 0 spiro atoms. The van der Waals surface area contributed by atoms with Crippen LogP contribution in [-0.2, 0) is 14.8 Å². The quantitative estimate of drug-likeness (QED) is 0.518. The van der Waals surface area contributed by atoms with Gasteiger partial charge >= 0.3 is 0 Å². The standard InChI is InChI=1S/C7H14ClNO3S/c1-2-6-13(11,12)9-5-3-4-7(8)10/h9H,2-6H2,1H3. The van der Waals surface area contributed by atoms with Crippen molar-refractivity contribution in [2.45, 2.75) is 26.2 Å². The molecule has 6 heteroatoms. The van der Waals surface area contributed by atoms with Gasteiger partial charge in [0.25, 0.3) is 0 Å². The van der Waals surface area contributed by atoms with E-state index >= 15 is 0 Å². The van der Waals surface area contributed by atoms with Gasteiger partial charge < -0.3 is 0 Å². The highest BCUT2D eigenvalue weighted by atomic mass is 35.5. The van der Waals surface area contributed by atoms with E-state index in [4.69, 9.17) is 11.6 Å². The van der Waals surface area contributed by atoms with Crippen LogP contribution in [0.1, 0.15) is 26.2 Å². The van der Waals surface area contributed by atoms with Crippen LogP contribution >= 0.6 is 11.6 Å². The molecule has 0 bridgehead atoms. The van der Waals surface area contributed by atoms with Gasteiger partial charge in [0.2, 0.25) is 15.3 Å². The summed E-state index contributed by atoms with van der Waals surface area (Å²) in [7, 11) is -3.13. The van der Waals surface area contributed by atoms with E-state index in [2.05, 4.69) is 4.72 Å². The summed E-state index contributed by atoms with van der Waals surface area (Å²) in [6.07, 6.45) is 1.24. The highest BCUT2D eigenvalue weighted by molar-refractivity contribution is 7.89. The van der Waals surface area contributed by atoms with Crippen molar-refractivity contribution in [3.05, 3.63) is 0 Å². The number of carbonyl (C=O) groups is 1. The van der Waals surface area contributed by atoms with Gasteiger partial charge in [-0.1, -0.05) is 6.92 Å². The van der Waals surface area contributed by atoms with Gasteiger partial charge in [-0.25, -0.2) is 13.1 Å². The fourth-order valence-electron chi connectivity index (χ4n) is 0.796. The maximum atomic E-state index is 11.0. The van der Waals surface area contributed by atoms with E-state index in [1.807, 2.05) is 0 Å². The minimum atomic E-state index is -3.13. The number of nitrogens with one attached hydrogen (secondary N) is 1. The minimum absolute atomic E-state index is 0.127. The number of halogens is 1. The molecule has 0 heterocycles. The van der Waals surface area contributed by atoms with Crippen LogP contribution in [0.5, 0.6) is 0 Å². The Morgan fingerprint density at radius 2 is 2.08 bits per heavy atom. The van der Waals surface area contributed by atoms with Gasteiger partial charge in [-0.15, -0.1) is 0 Å². The first-order valence-corrected chi connectivity index (χ1v) is 6.16. The zero-order valence-corrected chi connectivity index (χ0v) is 9.12. The van der Waals surface area contributed by atoms with E-state index in [0.29, 0.717) is 12.8 Å².